The smallest absolute Gasteiger partial charge is 0.237 e. The first-order valence-corrected chi connectivity index (χ1v) is 10.1. The fourth-order valence-corrected chi connectivity index (χ4v) is 3.58. The fourth-order valence-electron chi connectivity index (χ4n) is 2.57. The van der Waals surface area contributed by atoms with Crippen molar-refractivity contribution >= 4 is 35.0 Å². The van der Waals surface area contributed by atoms with Crippen molar-refractivity contribution in [1.29, 1.82) is 0 Å². The van der Waals surface area contributed by atoms with Crippen LogP contribution in [0.25, 0.3) is 0 Å². The maximum Gasteiger partial charge on any atom is 0.237 e. The van der Waals surface area contributed by atoms with Gasteiger partial charge in [-0.3, -0.25) is 4.79 Å². The minimum Gasteiger partial charge on any atom is -0.481 e. The van der Waals surface area contributed by atoms with Crippen molar-refractivity contribution in [3.8, 4) is 5.75 Å². The molecule has 29 heavy (non-hydrogen) atoms. The number of amides is 1. The van der Waals surface area contributed by atoms with Crippen molar-refractivity contribution in [2.45, 2.75) is 30.4 Å². The van der Waals surface area contributed by atoms with Crippen molar-refractivity contribution in [3.05, 3.63) is 65.2 Å². The molecule has 0 bridgehead atoms. The summed E-state index contributed by atoms with van der Waals surface area (Å²) in [6.07, 6.45) is -0.399. The molecule has 0 aliphatic carbocycles. The molecule has 0 fully saturated rings. The van der Waals surface area contributed by atoms with Crippen LogP contribution >= 0.6 is 23.4 Å². The average Bonchev–Trinajstić information content (AvgIpc) is 3.05. The first-order chi connectivity index (χ1) is 13.9. The van der Waals surface area contributed by atoms with Gasteiger partial charge in [0.15, 0.2) is 17.1 Å². The van der Waals surface area contributed by atoms with E-state index in [0.717, 1.165) is 0 Å². The second-order valence-electron chi connectivity index (χ2n) is 6.32. The lowest BCUT2D eigenvalue weighted by molar-refractivity contribution is -0.115. The molecule has 0 aliphatic heterocycles. The van der Waals surface area contributed by atoms with Gasteiger partial charge in [-0.25, -0.2) is 4.39 Å². The fraction of sp³-hybridized carbons (Fsp3) is 0.250. The summed E-state index contributed by atoms with van der Waals surface area (Å²) in [6.45, 7) is 3.56. The van der Waals surface area contributed by atoms with Gasteiger partial charge >= 0.3 is 0 Å². The molecular weight excluding hydrogens is 415 g/mol. The van der Waals surface area contributed by atoms with Gasteiger partial charge in [0.05, 0.1) is 16.0 Å². The minimum absolute atomic E-state index is 0.144. The molecule has 3 rings (SSSR count). The van der Waals surface area contributed by atoms with Crippen LogP contribution in [0.1, 0.15) is 25.8 Å². The Bertz CT molecular complexity index is 1010. The molecule has 9 heteroatoms. The largest absolute Gasteiger partial charge is 0.481 e. The van der Waals surface area contributed by atoms with Crippen LogP contribution in [-0.4, -0.2) is 25.9 Å². The molecule has 1 amide bonds. The Kier molecular flexibility index (Phi) is 6.76. The number of aromatic nitrogens is 3. The molecule has 1 heterocycles. The number of carbonyl (C=O) groups is 1. The minimum atomic E-state index is -0.509. The van der Waals surface area contributed by atoms with Gasteiger partial charge in [-0.15, -0.1) is 10.2 Å². The van der Waals surface area contributed by atoms with Gasteiger partial charge in [-0.2, -0.15) is 0 Å². The van der Waals surface area contributed by atoms with E-state index in [1.54, 1.807) is 42.8 Å². The Hall–Kier alpha value is -2.58. The molecule has 6 nitrogen and oxygen atoms in total. The maximum atomic E-state index is 13.7. The number of nitrogens with zero attached hydrogens (tertiary/aromatic N) is 3. The lowest BCUT2D eigenvalue weighted by Gasteiger charge is -2.16. The SMILES string of the molecule is CC(Sc1nnc(C(C)Oc2ccccc2Cl)n1C)C(=O)Nc1ccccc1F. The van der Waals surface area contributed by atoms with Crippen LogP contribution in [0.15, 0.2) is 53.7 Å². The van der Waals surface area contributed by atoms with Gasteiger partial charge in [0.25, 0.3) is 0 Å². The first-order valence-electron chi connectivity index (χ1n) is 8.89. The molecule has 0 aliphatic rings. The first kappa shape index (κ1) is 21.1. The quantitative estimate of drug-likeness (QED) is 0.537. The van der Waals surface area contributed by atoms with Crippen molar-refractivity contribution in [3.63, 3.8) is 0 Å². The number of ether oxygens (including phenoxy) is 1. The number of benzene rings is 2. The van der Waals surface area contributed by atoms with Crippen molar-refractivity contribution < 1.29 is 13.9 Å². The van der Waals surface area contributed by atoms with Crippen molar-refractivity contribution in [2.75, 3.05) is 5.32 Å². The van der Waals surface area contributed by atoms with E-state index in [4.69, 9.17) is 16.3 Å². The van der Waals surface area contributed by atoms with Gasteiger partial charge in [0.2, 0.25) is 5.91 Å². The van der Waals surface area contributed by atoms with E-state index in [0.29, 0.717) is 21.8 Å². The highest BCUT2D eigenvalue weighted by atomic mass is 35.5. The van der Waals surface area contributed by atoms with Gasteiger partial charge in [-0.05, 0) is 38.1 Å². The summed E-state index contributed by atoms with van der Waals surface area (Å²) >= 11 is 7.36. The van der Waals surface area contributed by atoms with Crippen LogP contribution in [0, 0.1) is 5.82 Å². The molecule has 152 valence electrons. The van der Waals surface area contributed by atoms with Crippen LogP contribution in [0.5, 0.6) is 5.75 Å². The lowest BCUT2D eigenvalue weighted by Crippen LogP contribution is -2.23. The van der Waals surface area contributed by atoms with Crippen molar-refractivity contribution in [1.82, 2.24) is 14.8 Å². The van der Waals surface area contributed by atoms with E-state index < -0.39 is 17.2 Å². The zero-order chi connectivity index (χ0) is 21.0. The predicted octanol–water partition coefficient (Wildman–Crippen LogP) is 4.87. The van der Waals surface area contributed by atoms with Crippen LogP contribution in [0.3, 0.4) is 0 Å². The molecule has 2 atom stereocenters. The number of para-hydroxylation sites is 2. The average molecular weight is 435 g/mol. The molecule has 0 saturated heterocycles. The zero-order valence-electron chi connectivity index (χ0n) is 16.1. The third-order valence-electron chi connectivity index (χ3n) is 4.16. The van der Waals surface area contributed by atoms with Gasteiger partial charge in [-0.1, -0.05) is 47.6 Å². The maximum absolute atomic E-state index is 13.7. The Morgan fingerprint density at radius 3 is 2.59 bits per heavy atom. The van der Waals surface area contributed by atoms with Crippen molar-refractivity contribution in [2.24, 2.45) is 7.05 Å². The lowest BCUT2D eigenvalue weighted by atomic mass is 10.3. The summed E-state index contributed by atoms with van der Waals surface area (Å²) in [7, 11) is 1.80. The number of hydrogen-bond acceptors (Lipinski definition) is 5. The number of thioether (sulfide) groups is 1. The topological polar surface area (TPSA) is 69.0 Å². The number of rotatable bonds is 7. The normalized spacial score (nSPS) is 13.0. The number of carbonyl (C=O) groups excluding carboxylic acids is 1. The molecule has 0 saturated carbocycles. The van der Waals surface area contributed by atoms with Crippen LogP contribution in [-0.2, 0) is 11.8 Å². The standard InChI is InChI=1S/C20H20ClFN4O2S/c1-12(28-17-11-7-4-8-14(17)21)18-24-25-20(26(18)3)29-13(2)19(27)23-16-10-6-5-9-15(16)22/h4-13H,1-3H3,(H,23,27). The summed E-state index contributed by atoms with van der Waals surface area (Å²) in [5.74, 6) is 0.334. The van der Waals surface area contributed by atoms with Gasteiger partial charge in [0.1, 0.15) is 11.6 Å². The molecule has 2 aromatic carbocycles. The van der Waals surface area contributed by atoms with E-state index in [9.17, 15) is 9.18 Å². The molecule has 1 N–H and O–H groups in total. The monoisotopic (exact) mass is 434 g/mol. The highest BCUT2D eigenvalue weighted by molar-refractivity contribution is 8.00. The molecule has 1 aromatic heterocycles. The van der Waals surface area contributed by atoms with E-state index in [-0.39, 0.29) is 11.6 Å². The number of halogens is 2. The molecule has 3 aromatic rings. The molecule has 0 spiro atoms. The Morgan fingerprint density at radius 1 is 1.17 bits per heavy atom. The highest BCUT2D eigenvalue weighted by Crippen LogP contribution is 2.30. The summed E-state index contributed by atoms with van der Waals surface area (Å²) in [6, 6.07) is 13.2. The summed E-state index contributed by atoms with van der Waals surface area (Å²) in [4.78, 5) is 12.4. The Labute approximate surface area is 177 Å². The van der Waals surface area contributed by atoms with Crippen LogP contribution < -0.4 is 10.1 Å². The highest BCUT2D eigenvalue weighted by Gasteiger charge is 2.22. The number of anilines is 1. The second-order valence-corrected chi connectivity index (χ2v) is 8.03. The zero-order valence-corrected chi connectivity index (χ0v) is 17.7. The Balaban J connectivity index is 1.66. The van der Waals surface area contributed by atoms with E-state index in [1.807, 2.05) is 19.1 Å². The van der Waals surface area contributed by atoms with Gasteiger partial charge in [0, 0.05) is 7.05 Å². The number of hydrogen-bond donors (Lipinski definition) is 1. The van der Waals surface area contributed by atoms with E-state index >= 15 is 0 Å². The molecule has 0 radical (unpaired) electrons. The summed E-state index contributed by atoms with van der Waals surface area (Å²) in [5.41, 5.74) is 0.144. The molecule has 2 unspecified atom stereocenters. The Morgan fingerprint density at radius 2 is 1.86 bits per heavy atom. The third kappa shape index (κ3) is 5.07. The summed E-state index contributed by atoms with van der Waals surface area (Å²) < 4.78 is 21.4. The van der Waals surface area contributed by atoms with Gasteiger partial charge < -0.3 is 14.6 Å². The van der Waals surface area contributed by atoms with E-state index in [2.05, 4.69) is 15.5 Å². The van der Waals surface area contributed by atoms with E-state index in [1.165, 1.54) is 23.9 Å². The molecular formula is C20H20ClFN4O2S. The van der Waals surface area contributed by atoms with Crippen LogP contribution in [0.4, 0.5) is 10.1 Å². The third-order valence-corrected chi connectivity index (χ3v) is 5.60. The predicted molar refractivity (Wildman–Crippen MR) is 112 cm³/mol. The number of nitrogens with one attached hydrogen (secondary N) is 1. The summed E-state index contributed by atoms with van der Waals surface area (Å²) in [5, 5.41) is 11.5. The van der Waals surface area contributed by atoms with Crippen LogP contribution in [0.2, 0.25) is 5.02 Å². The second kappa shape index (κ2) is 9.28.